The first kappa shape index (κ1) is 18.3. The molecule has 1 aromatic heterocycles. The summed E-state index contributed by atoms with van der Waals surface area (Å²) in [6, 6.07) is 17.5. The highest BCUT2D eigenvalue weighted by Gasteiger charge is 2.30. The third-order valence-electron chi connectivity index (χ3n) is 5.07. The second-order valence-electron chi connectivity index (χ2n) is 6.97. The lowest BCUT2D eigenvalue weighted by atomic mass is 10.1. The van der Waals surface area contributed by atoms with Gasteiger partial charge in [0.05, 0.1) is 18.8 Å². The van der Waals surface area contributed by atoms with Crippen LogP contribution >= 0.6 is 0 Å². The molecule has 2 aromatic carbocycles. The van der Waals surface area contributed by atoms with Crippen LogP contribution in [-0.2, 0) is 11.3 Å². The first-order valence-electron chi connectivity index (χ1n) is 9.51. The van der Waals surface area contributed by atoms with E-state index in [2.05, 4.69) is 21.4 Å². The van der Waals surface area contributed by atoms with Gasteiger partial charge in [-0.3, -0.25) is 9.69 Å². The minimum atomic E-state index is -0.125. The van der Waals surface area contributed by atoms with Crippen LogP contribution < -0.4 is 10.1 Å². The maximum Gasteiger partial charge on any atom is 0.241 e. The number of amides is 1. The van der Waals surface area contributed by atoms with Gasteiger partial charge in [0.2, 0.25) is 5.91 Å². The maximum absolute atomic E-state index is 12.9. The van der Waals surface area contributed by atoms with E-state index >= 15 is 0 Å². The zero-order valence-electron chi connectivity index (χ0n) is 15.9. The van der Waals surface area contributed by atoms with E-state index in [1.165, 1.54) is 0 Å². The summed E-state index contributed by atoms with van der Waals surface area (Å²) in [7, 11) is 1.67. The van der Waals surface area contributed by atoms with Crippen LogP contribution in [0.4, 0.5) is 5.69 Å². The Bertz CT molecular complexity index is 939. The molecule has 6 nitrogen and oxygen atoms in total. The Labute approximate surface area is 164 Å². The molecule has 1 saturated heterocycles. The summed E-state index contributed by atoms with van der Waals surface area (Å²) >= 11 is 0. The molecular formula is C22H24N4O2. The van der Waals surface area contributed by atoms with Gasteiger partial charge in [-0.15, -0.1) is 0 Å². The normalized spacial score (nSPS) is 16.8. The highest BCUT2D eigenvalue weighted by molar-refractivity contribution is 5.95. The Morgan fingerprint density at radius 3 is 2.93 bits per heavy atom. The molecule has 2 heterocycles. The molecule has 3 aromatic rings. The minimum Gasteiger partial charge on any atom is -0.497 e. The number of hydrogen-bond acceptors (Lipinski definition) is 4. The third kappa shape index (κ3) is 4.07. The molecule has 1 aliphatic rings. The highest BCUT2D eigenvalue weighted by Crippen LogP contribution is 2.23. The van der Waals surface area contributed by atoms with Crippen molar-refractivity contribution in [2.75, 3.05) is 19.0 Å². The van der Waals surface area contributed by atoms with Crippen molar-refractivity contribution in [3.8, 4) is 11.4 Å². The van der Waals surface area contributed by atoms with E-state index in [1.807, 2.05) is 54.7 Å². The quantitative estimate of drug-likeness (QED) is 0.716. The average molecular weight is 376 g/mol. The van der Waals surface area contributed by atoms with Crippen LogP contribution in [0.25, 0.3) is 5.69 Å². The van der Waals surface area contributed by atoms with Gasteiger partial charge in [-0.05, 0) is 61.3 Å². The molecule has 4 rings (SSSR count). The van der Waals surface area contributed by atoms with Gasteiger partial charge in [-0.25, -0.2) is 4.68 Å². The van der Waals surface area contributed by atoms with Gasteiger partial charge < -0.3 is 10.1 Å². The van der Waals surface area contributed by atoms with E-state index < -0.39 is 0 Å². The summed E-state index contributed by atoms with van der Waals surface area (Å²) in [5.74, 6) is 0.881. The third-order valence-corrected chi connectivity index (χ3v) is 5.07. The van der Waals surface area contributed by atoms with Crippen molar-refractivity contribution in [3.63, 3.8) is 0 Å². The number of benzene rings is 2. The van der Waals surface area contributed by atoms with Crippen molar-refractivity contribution in [2.24, 2.45) is 0 Å². The molecular weight excluding hydrogens is 352 g/mol. The van der Waals surface area contributed by atoms with E-state index in [-0.39, 0.29) is 11.9 Å². The van der Waals surface area contributed by atoms with Gasteiger partial charge >= 0.3 is 0 Å². The standard InChI is InChI=1S/C22H24N4O2/c1-28-20-9-2-6-17(14-20)16-25-12-4-10-21(25)22(27)24-18-7-3-8-19(15-18)26-13-5-11-23-26/h2-3,5-9,11,13-15,21H,4,10,12,16H2,1H3,(H,24,27). The van der Waals surface area contributed by atoms with Gasteiger partial charge in [-0.1, -0.05) is 18.2 Å². The second kappa shape index (κ2) is 8.27. The van der Waals surface area contributed by atoms with Crippen LogP contribution in [0.1, 0.15) is 18.4 Å². The second-order valence-corrected chi connectivity index (χ2v) is 6.97. The Kier molecular flexibility index (Phi) is 5.39. The van der Waals surface area contributed by atoms with Gasteiger partial charge in [0.1, 0.15) is 5.75 Å². The van der Waals surface area contributed by atoms with Gasteiger partial charge in [-0.2, -0.15) is 5.10 Å². The molecule has 1 N–H and O–H groups in total. The fourth-order valence-corrected chi connectivity index (χ4v) is 3.69. The molecule has 144 valence electrons. The fraction of sp³-hybridized carbons (Fsp3) is 0.273. The molecule has 1 aliphatic heterocycles. The minimum absolute atomic E-state index is 0.0398. The fourth-order valence-electron chi connectivity index (χ4n) is 3.69. The molecule has 1 fully saturated rings. The lowest BCUT2D eigenvalue weighted by Gasteiger charge is -2.24. The number of anilines is 1. The Morgan fingerprint density at radius 1 is 1.21 bits per heavy atom. The number of aromatic nitrogens is 2. The maximum atomic E-state index is 12.9. The first-order chi connectivity index (χ1) is 13.7. The Balaban J connectivity index is 1.44. The van der Waals surface area contributed by atoms with E-state index in [0.717, 1.165) is 48.6 Å². The average Bonchev–Trinajstić information content (AvgIpc) is 3.40. The molecule has 0 saturated carbocycles. The largest absolute Gasteiger partial charge is 0.497 e. The molecule has 28 heavy (non-hydrogen) atoms. The molecule has 0 bridgehead atoms. The predicted octanol–water partition coefficient (Wildman–Crippen LogP) is 3.48. The number of nitrogens with one attached hydrogen (secondary N) is 1. The number of nitrogens with zero attached hydrogens (tertiary/aromatic N) is 3. The summed E-state index contributed by atoms with van der Waals surface area (Å²) in [5, 5.41) is 7.32. The van der Waals surface area contributed by atoms with Crippen LogP contribution in [0.3, 0.4) is 0 Å². The smallest absolute Gasteiger partial charge is 0.241 e. The number of carbonyl (C=O) groups excluding carboxylic acids is 1. The van der Waals surface area contributed by atoms with E-state index in [0.29, 0.717) is 0 Å². The van der Waals surface area contributed by atoms with Crippen LogP contribution in [0.2, 0.25) is 0 Å². The number of ether oxygens (including phenoxy) is 1. The van der Waals surface area contributed by atoms with E-state index in [9.17, 15) is 4.79 Å². The van der Waals surface area contributed by atoms with Gasteiger partial charge in [0.25, 0.3) is 0 Å². The van der Waals surface area contributed by atoms with Crippen LogP contribution in [0.5, 0.6) is 5.75 Å². The molecule has 1 unspecified atom stereocenters. The van der Waals surface area contributed by atoms with Crippen molar-refractivity contribution in [1.29, 1.82) is 0 Å². The van der Waals surface area contributed by atoms with E-state index in [4.69, 9.17) is 4.74 Å². The van der Waals surface area contributed by atoms with Crippen molar-refractivity contribution >= 4 is 11.6 Å². The summed E-state index contributed by atoms with van der Waals surface area (Å²) in [4.78, 5) is 15.2. The topological polar surface area (TPSA) is 59.4 Å². The molecule has 0 aliphatic carbocycles. The highest BCUT2D eigenvalue weighted by atomic mass is 16.5. The number of carbonyl (C=O) groups is 1. The van der Waals surface area contributed by atoms with Crippen LogP contribution in [0, 0.1) is 0 Å². The summed E-state index contributed by atoms with van der Waals surface area (Å²) in [5.41, 5.74) is 2.86. The van der Waals surface area contributed by atoms with Crippen molar-refractivity contribution in [3.05, 3.63) is 72.6 Å². The SMILES string of the molecule is COc1cccc(CN2CCCC2C(=O)Nc2cccc(-n3cccn3)c2)c1. The number of hydrogen-bond donors (Lipinski definition) is 1. The van der Waals surface area contributed by atoms with E-state index in [1.54, 1.807) is 18.0 Å². The monoisotopic (exact) mass is 376 g/mol. The number of methoxy groups -OCH3 is 1. The molecule has 0 radical (unpaired) electrons. The molecule has 1 atom stereocenters. The Hall–Kier alpha value is -3.12. The molecule has 6 heteroatoms. The van der Waals surface area contributed by atoms with Crippen molar-refractivity contribution < 1.29 is 9.53 Å². The predicted molar refractivity (Wildman–Crippen MR) is 109 cm³/mol. The number of likely N-dealkylation sites (tertiary alicyclic amines) is 1. The zero-order chi connectivity index (χ0) is 19.3. The molecule has 1 amide bonds. The lowest BCUT2D eigenvalue weighted by Crippen LogP contribution is -2.39. The van der Waals surface area contributed by atoms with Crippen LogP contribution in [-0.4, -0.2) is 40.3 Å². The summed E-state index contributed by atoms with van der Waals surface area (Å²) in [6.07, 6.45) is 5.51. The molecule has 0 spiro atoms. The summed E-state index contributed by atoms with van der Waals surface area (Å²) < 4.78 is 7.09. The van der Waals surface area contributed by atoms with Gasteiger partial charge in [0, 0.05) is 24.6 Å². The summed E-state index contributed by atoms with van der Waals surface area (Å²) in [6.45, 7) is 1.66. The van der Waals surface area contributed by atoms with Crippen LogP contribution in [0.15, 0.2) is 67.0 Å². The zero-order valence-corrected chi connectivity index (χ0v) is 15.9. The Morgan fingerprint density at radius 2 is 2.11 bits per heavy atom. The lowest BCUT2D eigenvalue weighted by molar-refractivity contribution is -0.120. The van der Waals surface area contributed by atoms with Crippen molar-refractivity contribution in [2.45, 2.75) is 25.4 Å². The van der Waals surface area contributed by atoms with Gasteiger partial charge in [0.15, 0.2) is 0 Å². The first-order valence-corrected chi connectivity index (χ1v) is 9.51. The van der Waals surface area contributed by atoms with Crippen molar-refractivity contribution in [1.82, 2.24) is 14.7 Å². The number of rotatable bonds is 6.